The number of benzene rings is 1. The number of nitriles is 3. The van der Waals surface area contributed by atoms with Crippen molar-refractivity contribution in [3.63, 3.8) is 0 Å². The number of phosphoric acid groups is 1. The Hall–Kier alpha value is -5.39. The van der Waals surface area contributed by atoms with Gasteiger partial charge in [-0.25, -0.2) is 23.6 Å². The lowest BCUT2D eigenvalue weighted by Gasteiger charge is -2.26. The molecule has 0 radical (unpaired) electrons. The second-order valence-corrected chi connectivity index (χ2v) is 21.8. The van der Waals surface area contributed by atoms with Gasteiger partial charge in [-0.3, -0.25) is 13.6 Å². The number of ether oxygens (including phenoxy) is 4. The molecule has 2 fully saturated rings. The fourth-order valence-electron chi connectivity index (χ4n) is 9.78. The molecule has 7 rings (SSSR count). The van der Waals surface area contributed by atoms with Crippen LogP contribution in [0.4, 0.5) is 11.6 Å². The van der Waals surface area contributed by atoms with E-state index in [1.54, 1.807) is 18.2 Å². The first kappa shape index (κ1) is 60.3. The van der Waals surface area contributed by atoms with Gasteiger partial charge in [0.15, 0.2) is 11.6 Å². The molecule has 9 atom stereocenters. The van der Waals surface area contributed by atoms with Gasteiger partial charge in [0.1, 0.15) is 84.6 Å². The molecule has 0 aliphatic carbocycles. The highest BCUT2D eigenvalue weighted by atomic mass is 35.5. The molecule has 6 heterocycles. The van der Waals surface area contributed by atoms with Gasteiger partial charge in [-0.2, -0.15) is 26.0 Å². The van der Waals surface area contributed by atoms with Crippen LogP contribution >= 0.6 is 19.4 Å². The summed E-state index contributed by atoms with van der Waals surface area (Å²) in [6.07, 6.45) is 10.3. The largest absolute Gasteiger partial charge is 0.475 e. The monoisotopic (exact) mass is 1120 g/mol. The number of fused-ring (bicyclic) bond motifs is 2. The Morgan fingerprint density at radius 1 is 0.692 bits per heavy atom. The van der Waals surface area contributed by atoms with Gasteiger partial charge < -0.3 is 50.8 Å². The van der Waals surface area contributed by atoms with Gasteiger partial charge in [0.2, 0.25) is 11.2 Å². The molecular weight excluding hydrogens is 1050 g/mol. The number of aromatic nitrogens is 6. The number of aliphatic hydroxyl groups excluding tert-OH is 4. The number of unbranched alkanes of at least 4 members (excludes halogenated alkanes) is 15. The lowest BCUT2D eigenvalue weighted by atomic mass is 9.92. The zero-order valence-electron chi connectivity index (χ0n) is 43.9. The van der Waals surface area contributed by atoms with Crippen molar-refractivity contribution >= 4 is 42.1 Å². The van der Waals surface area contributed by atoms with E-state index in [1.165, 1.54) is 110 Å². The van der Waals surface area contributed by atoms with Crippen LogP contribution in [0.25, 0.3) is 11.0 Å². The predicted molar refractivity (Wildman–Crippen MR) is 284 cm³/mol. The summed E-state index contributed by atoms with van der Waals surface area (Å²) in [6, 6.07) is 16.6. The highest BCUT2D eigenvalue weighted by Gasteiger charge is 2.59. The van der Waals surface area contributed by atoms with Crippen molar-refractivity contribution < 1.29 is 57.5 Å². The highest BCUT2D eigenvalue weighted by Crippen LogP contribution is 2.52. The third kappa shape index (κ3) is 14.3. The first-order chi connectivity index (χ1) is 37.7. The molecule has 2 aliphatic heterocycles. The topological polar surface area (TPSA) is 346 Å². The molecule has 2 aliphatic rings. The minimum absolute atomic E-state index is 0.00113. The average molecular weight is 1120 g/mol. The van der Waals surface area contributed by atoms with Gasteiger partial charge >= 0.3 is 7.82 Å². The number of hydrogen-bond acceptors (Lipinski definition) is 21. The second-order valence-electron chi connectivity index (χ2n) is 19.8. The standard InChI is InChI=1S/C53H71ClN11O12P/c1-2-3-4-5-6-7-8-9-10-11-12-13-14-15-16-17-24-71-28-38(72-27-36-18-19-37(26-55)39(54)25-36)29-73-78(70,74-30-42-46(66)48(68)52(32-56,76-42)44-22-20-40-50(58)60-34-62-64(40)44)75-31-43-47(67)49(69)53(33-57,77-43)45-23-21-41-51(59)61-35-63-65(41)45/h18-23,25,34-35,38,42-43,46-49,66-69H,2-17,24,27-31H2,1H3,(H2,58,60,62)(H2,59,61,63)/t38-,42-,43-,46-,47-,48-,49-,52+,53+/m1/s1. The van der Waals surface area contributed by atoms with E-state index in [9.17, 15) is 40.8 Å². The minimum Gasteiger partial charge on any atom is -0.387 e. The number of nitrogens with zero attached hydrogens (tertiary/aromatic N) is 9. The van der Waals surface area contributed by atoms with E-state index in [0.717, 1.165) is 38.3 Å². The summed E-state index contributed by atoms with van der Waals surface area (Å²) in [5, 5.41) is 84.6. The number of nitrogen functional groups attached to an aromatic ring is 2. The minimum atomic E-state index is -4.96. The van der Waals surface area contributed by atoms with Gasteiger partial charge in [-0.05, 0) is 48.4 Å². The van der Waals surface area contributed by atoms with E-state index < -0.39 is 81.6 Å². The highest BCUT2D eigenvalue weighted by molar-refractivity contribution is 7.48. The van der Waals surface area contributed by atoms with Gasteiger partial charge in [-0.15, -0.1) is 0 Å². The molecule has 0 saturated carbocycles. The van der Waals surface area contributed by atoms with Crippen molar-refractivity contribution in [2.75, 3.05) is 44.5 Å². The summed E-state index contributed by atoms with van der Waals surface area (Å²) < 4.78 is 59.5. The van der Waals surface area contributed by atoms with Crippen molar-refractivity contribution in [1.29, 1.82) is 15.8 Å². The molecule has 1 aromatic carbocycles. The number of halogens is 1. The Morgan fingerprint density at radius 2 is 1.17 bits per heavy atom. The normalized spacial score (nSPS) is 23.7. The quantitative estimate of drug-likeness (QED) is 0.0184. The summed E-state index contributed by atoms with van der Waals surface area (Å²) in [7, 11) is -4.96. The molecular formula is C53H71ClN11O12P. The number of aliphatic hydroxyl groups is 4. The van der Waals surface area contributed by atoms with Gasteiger partial charge in [0, 0.05) is 6.61 Å². The molecule has 0 spiro atoms. The Kier molecular flexibility index (Phi) is 22.1. The van der Waals surface area contributed by atoms with Crippen LogP contribution in [0.5, 0.6) is 0 Å². The van der Waals surface area contributed by atoms with E-state index >= 15 is 0 Å². The number of nitrogens with two attached hydrogens (primary N) is 2. The Balaban J connectivity index is 1.02. The number of anilines is 2. The predicted octanol–water partition coefficient (Wildman–Crippen LogP) is 6.86. The molecule has 0 unspecified atom stereocenters. The zero-order chi connectivity index (χ0) is 55.7. The molecule has 5 aromatic rings. The summed E-state index contributed by atoms with van der Waals surface area (Å²) >= 11 is 6.33. The smallest absolute Gasteiger partial charge is 0.387 e. The lowest BCUT2D eigenvalue weighted by Crippen LogP contribution is -2.41. The maximum absolute atomic E-state index is 15.0. The molecule has 422 valence electrons. The third-order valence-corrected chi connectivity index (χ3v) is 16.0. The van der Waals surface area contributed by atoms with Crippen LogP contribution in [0.1, 0.15) is 132 Å². The van der Waals surface area contributed by atoms with Gasteiger partial charge in [0.25, 0.3) is 0 Å². The van der Waals surface area contributed by atoms with Crippen LogP contribution in [0.3, 0.4) is 0 Å². The van der Waals surface area contributed by atoms with Gasteiger partial charge in [0.05, 0.1) is 55.0 Å². The number of hydrogen-bond donors (Lipinski definition) is 6. The fraction of sp³-hybridized carbons (Fsp3) is 0.604. The molecule has 78 heavy (non-hydrogen) atoms. The molecule has 4 aromatic heterocycles. The average Bonchev–Trinajstić information content (AvgIpc) is 4.40. The van der Waals surface area contributed by atoms with Crippen LogP contribution in [0, 0.1) is 34.0 Å². The first-order valence-corrected chi connectivity index (χ1v) is 28.6. The van der Waals surface area contributed by atoms with Crippen molar-refractivity contribution in [1.82, 2.24) is 29.2 Å². The van der Waals surface area contributed by atoms with Crippen molar-refractivity contribution in [3.05, 3.63) is 82.7 Å². The van der Waals surface area contributed by atoms with Crippen LogP contribution in [-0.4, -0.2) is 125 Å². The first-order valence-electron chi connectivity index (χ1n) is 26.7. The third-order valence-electron chi connectivity index (χ3n) is 14.3. The van der Waals surface area contributed by atoms with E-state index in [0.29, 0.717) is 12.2 Å². The van der Waals surface area contributed by atoms with Crippen molar-refractivity contribution in [2.45, 2.75) is 170 Å². The maximum Gasteiger partial charge on any atom is 0.475 e. The molecule has 8 N–H and O–H groups in total. The number of phosphoric ester groups is 1. The lowest BCUT2D eigenvalue weighted by molar-refractivity contribution is -0.0802. The van der Waals surface area contributed by atoms with E-state index in [2.05, 4.69) is 27.1 Å². The van der Waals surface area contributed by atoms with E-state index in [-0.39, 0.29) is 57.9 Å². The fourth-order valence-corrected chi connectivity index (χ4v) is 11.3. The van der Waals surface area contributed by atoms with Crippen LogP contribution < -0.4 is 11.5 Å². The van der Waals surface area contributed by atoms with Gasteiger partial charge in [-0.1, -0.05) is 121 Å². The van der Waals surface area contributed by atoms with Crippen molar-refractivity contribution in [2.24, 2.45) is 0 Å². The summed E-state index contributed by atoms with van der Waals surface area (Å²) in [6.45, 7) is 0.387. The second kappa shape index (κ2) is 28.7. The molecule has 0 bridgehead atoms. The summed E-state index contributed by atoms with van der Waals surface area (Å²) in [4.78, 5) is 7.90. The SMILES string of the molecule is CCCCCCCCCCCCCCCCCCOC[C@H](COP(=O)(OC[C@H]1O[C@@](C#N)(c2ccc3c(N)ncnn23)[C@H](O)[C@@H]1O)OC[C@H]1O[C@@](C#N)(c2ccc3c(N)ncnn23)[C@H](O)[C@@H]1O)OCc1ccc(C#N)c(Cl)c1. The number of rotatable bonds is 33. The van der Waals surface area contributed by atoms with E-state index in [1.807, 2.05) is 18.2 Å². The Morgan fingerprint density at radius 3 is 1.62 bits per heavy atom. The van der Waals surface area contributed by atoms with Crippen LogP contribution in [0.15, 0.2) is 55.1 Å². The summed E-state index contributed by atoms with van der Waals surface area (Å²) in [5.41, 5.74) is 8.99. The molecule has 0 amide bonds. The Bertz CT molecular complexity index is 2780. The maximum atomic E-state index is 15.0. The van der Waals surface area contributed by atoms with Crippen LogP contribution in [0.2, 0.25) is 5.02 Å². The van der Waals surface area contributed by atoms with E-state index in [4.69, 9.17) is 55.6 Å². The van der Waals surface area contributed by atoms with Crippen molar-refractivity contribution in [3.8, 4) is 18.2 Å². The zero-order valence-corrected chi connectivity index (χ0v) is 45.5. The Labute approximate surface area is 458 Å². The molecule has 2 saturated heterocycles. The van der Waals surface area contributed by atoms with Crippen LogP contribution in [-0.2, 0) is 54.9 Å². The summed E-state index contributed by atoms with van der Waals surface area (Å²) in [5.74, 6) is 0.134. The molecule has 23 nitrogen and oxygen atoms in total. The molecule has 25 heteroatoms.